The Morgan fingerprint density at radius 1 is 0.479 bits per heavy atom. The molecule has 9 rings (SSSR count). The van der Waals surface area contributed by atoms with Gasteiger partial charge in [0.25, 0.3) is 0 Å². The molecule has 48 heavy (non-hydrogen) atoms. The van der Waals surface area contributed by atoms with Gasteiger partial charge in [0, 0.05) is 27.1 Å². The molecular formula is C44H26N4. The van der Waals surface area contributed by atoms with E-state index in [1.165, 1.54) is 10.8 Å². The lowest BCUT2D eigenvalue weighted by molar-refractivity contribution is 1.17. The Bertz CT molecular complexity index is 2680. The molecule has 0 spiro atoms. The molecule has 0 atom stereocenters. The quantitative estimate of drug-likeness (QED) is 0.183. The summed E-state index contributed by atoms with van der Waals surface area (Å²) in [6.07, 6.45) is 0. The molecule has 0 radical (unpaired) electrons. The van der Waals surface area contributed by atoms with Gasteiger partial charge >= 0.3 is 0 Å². The van der Waals surface area contributed by atoms with E-state index in [2.05, 4.69) is 135 Å². The highest BCUT2D eigenvalue weighted by atomic mass is 15.0. The summed E-state index contributed by atoms with van der Waals surface area (Å²) in [6, 6.07) is 56.5. The first-order valence-electron chi connectivity index (χ1n) is 15.9. The molecular weight excluding hydrogens is 585 g/mol. The summed E-state index contributed by atoms with van der Waals surface area (Å²) in [5.74, 6) is 0. The molecule has 0 aliphatic rings. The van der Waals surface area contributed by atoms with Gasteiger partial charge in [-0.2, -0.15) is 5.26 Å². The topological polar surface area (TPSA) is 38.0 Å². The SMILES string of the molecule is [C-]#[N+]c1cc(-c2ccccc2-c2ccccc2-n2c3ccccc3c3ccccc32)cc(C#N)c1-n1c2ccccc2c2ccccc21. The molecule has 0 aliphatic carbocycles. The third kappa shape index (κ3) is 4.01. The maximum Gasteiger partial charge on any atom is 0.212 e. The zero-order chi connectivity index (χ0) is 32.2. The molecule has 0 saturated heterocycles. The average Bonchev–Trinajstić information content (AvgIpc) is 3.67. The van der Waals surface area contributed by atoms with Crippen molar-refractivity contribution in [3.63, 3.8) is 0 Å². The largest absolute Gasteiger partial charge is 0.318 e. The summed E-state index contributed by atoms with van der Waals surface area (Å²) in [5.41, 5.74) is 10.6. The lowest BCUT2D eigenvalue weighted by Gasteiger charge is -2.18. The van der Waals surface area contributed by atoms with Crippen LogP contribution in [-0.4, -0.2) is 9.13 Å². The van der Waals surface area contributed by atoms with Crippen LogP contribution in [-0.2, 0) is 0 Å². The maximum atomic E-state index is 10.6. The Morgan fingerprint density at radius 3 is 1.44 bits per heavy atom. The van der Waals surface area contributed by atoms with Crippen LogP contribution in [0.5, 0.6) is 0 Å². The second kappa shape index (κ2) is 10.9. The van der Waals surface area contributed by atoms with Gasteiger partial charge in [0.1, 0.15) is 0 Å². The fourth-order valence-corrected chi connectivity index (χ4v) is 7.39. The summed E-state index contributed by atoms with van der Waals surface area (Å²) in [6.45, 7) is 8.33. The fourth-order valence-electron chi connectivity index (χ4n) is 7.39. The van der Waals surface area contributed by atoms with Crippen LogP contribution in [0.2, 0.25) is 0 Å². The van der Waals surface area contributed by atoms with Crippen molar-refractivity contribution >= 4 is 49.3 Å². The Balaban J connectivity index is 1.29. The predicted octanol–water partition coefficient (Wildman–Crippen LogP) is 11.6. The monoisotopic (exact) mass is 610 g/mol. The first-order chi connectivity index (χ1) is 23.8. The number of hydrogen-bond acceptors (Lipinski definition) is 1. The fraction of sp³-hybridized carbons (Fsp3) is 0. The van der Waals surface area contributed by atoms with E-state index in [4.69, 9.17) is 6.57 Å². The molecule has 0 bridgehead atoms. The van der Waals surface area contributed by atoms with E-state index in [1.54, 1.807) is 0 Å². The molecule has 222 valence electrons. The van der Waals surface area contributed by atoms with Gasteiger partial charge in [-0.25, -0.2) is 4.85 Å². The number of nitrogens with zero attached hydrogens (tertiary/aromatic N) is 4. The Labute approximate surface area is 277 Å². The highest BCUT2D eigenvalue weighted by Gasteiger charge is 2.21. The Morgan fingerprint density at radius 2 is 0.917 bits per heavy atom. The van der Waals surface area contributed by atoms with Crippen LogP contribution < -0.4 is 0 Å². The number of fused-ring (bicyclic) bond motifs is 6. The Kier molecular flexibility index (Phi) is 6.22. The molecule has 0 N–H and O–H groups in total. The number of para-hydroxylation sites is 5. The smallest absolute Gasteiger partial charge is 0.212 e. The van der Waals surface area contributed by atoms with E-state index in [9.17, 15) is 5.26 Å². The number of hydrogen-bond donors (Lipinski definition) is 0. The van der Waals surface area contributed by atoms with Crippen molar-refractivity contribution < 1.29 is 0 Å². The lowest BCUT2D eigenvalue weighted by Crippen LogP contribution is -2.00. The van der Waals surface area contributed by atoms with Gasteiger partial charge in [0.15, 0.2) is 0 Å². The molecule has 0 amide bonds. The van der Waals surface area contributed by atoms with Crippen LogP contribution in [0.1, 0.15) is 5.56 Å². The van der Waals surface area contributed by atoms with Crippen molar-refractivity contribution in [1.29, 1.82) is 5.26 Å². The second-order valence-corrected chi connectivity index (χ2v) is 11.9. The normalized spacial score (nSPS) is 11.3. The summed E-state index contributed by atoms with van der Waals surface area (Å²) in [5, 5.41) is 15.2. The number of benzene rings is 7. The van der Waals surface area contributed by atoms with E-state index < -0.39 is 0 Å². The first kappa shape index (κ1) is 27.4. The van der Waals surface area contributed by atoms with E-state index in [-0.39, 0.29) is 0 Å². The van der Waals surface area contributed by atoms with Crippen molar-refractivity contribution in [1.82, 2.24) is 9.13 Å². The van der Waals surface area contributed by atoms with E-state index >= 15 is 0 Å². The minimum absolute atomic E-state index is 0.432. The molecule has 0 aliphatic heterocycles. The molecule has 0 saturated carbocycles. The van der Waals surface area contributed by atoms with Crippen molar-refractivity contribution in [2.45, 2.75) is 0 Å². The van der Waals surface area contributed by atoms with Crippen LogP contribution in [0, 0.1) is 17.9 Å². The van der Waals surface area contributed by atoms with Crippen LogP contribution in [0.3, 0.4) is 0 Å². The van der Waals surface area contributed by atoms with Gasteiger partial charge in [0.05, 0.1) is 51.6 Å². The van der Waals surface area contributed by atoms with Crippen LogP contribution in [0.4, 0.5) is 5.69 Å². The standard InChI is InChI=1S/C44H26N4/c1-46-38-27-29(26-30(28-45)44(38)48-42-24-12-7-19-36(42)37-20-8-13-25-43(37)48)31-14-2-3-15-32(31)33-16-4-9-21-39(33)47-40-22-10-5-17-34(40)35-18-6-11-23-41(35)47/h2-27H. The summed E-state index contributed by atoms with van der Waals surface area (Å²) in [7, 11) is 0. The molecule has 4 heteroatoms. The van der Waals surface area contributed by atoms with Gasteiger partial charge < -0.3 is 9.13 Å². The summed E-state index contributed by atoms with van der Waals surface area (Å²) in [4.78, 5) is 4.04. The van der Waals surface area contributed by atoms with Gasteiger partial charge in [-0.05, 0) is 59.2 Å². The van der Waals surface area contributed by atoms with Crippen LogP contribution in [0.25, 0.3) is 82.1 Å². The van der Waals surface area contributed by atoms with Gasteiger partial charge in [-0.3, -0.25) is 0 Å². The van der Waals surface area contributed by atoms with Crippen LogP contribution in [0.15, 0.2) is 158 Å². The van der Waals surface area contributed by atoms with Gasteiger partial charge in [-0.15, -0.1) is 0 Å². The minimum Gasteiger partial charge on any atom is -0.318 e. The van der Waals surface area contributed by atoms with Crippen molar-refractivity contribution in [3.8, 4) is 39.7 Å². The number of nitriles is 1. The first-order valence-corrected chi connectivity index (χ1v) is 15.9. The number of aromatic nitrogens is 2. The molecule has 4 nitrogen and oxygen atoms in total. The average molecular weight is 611 g/mol. The maximum absolute atomic E-state index is 10.6. The molecule has 0 unspecified atom stereocenters. The predicted molar refractivity (Wildman–Crippen MR) is 197 cm³/mol. The Hall–Kier alpha value is -6.88. The van der Waals surface area contributed by atoms with Gasteiger partial charge in [0.2, 0.25) is 5.69 Å². The third-order valence-electron chi connectivity index (χ3n) is 9.39. The molecule has 0 fully saturated rings. The van der Waals surface area contributed by atoms with Crippen molar-refractivity contribution in [3.05, 3.63) is 175 Å². The van der Waals surface area contributed by atoms with Crippen molar-refractivity contribution in [2.24, 2.45) is 0 Å². The highest BCUT2D eigenvalue weighted by molar-refractivity contribution is 6.11. The molecule has 2 heterocycles. The van der Waals surface area contributed by atoms with E-state index in [0.29, 0.717) is 16.9 Å². The lowest BCUT2D eigenvalue weighted by atomic mass is 9.92. The van der Waals surface area contributed by atoms with Crippen molar-refractivity contribution in [2.75, 3.05) is 0 Å². The van der Waals surface area contributed by atoms with E-state index in [0.717, 1.165) is 60.8 Å². The molecule has 9 aromatic rings. The zero-order valence-electron chi connectivity index (χ0n) is 25.8. The minimum atomic E-state index is 0.432. The van der Waals surface area contributed by atoms with Gasteiger partial charge in [-0.1, -0.05) is 115 Å². The molecule has 7 aromatic carbocycles. The number of rotatable bonds is 4. The highest BCUT2D eigenvalue weighted by Crippen LogP contribution is 2.43. The molecule has 2 aromatic heterocycles. The van der Waals surface area contributed by atoms with Crippen LogP contribution >= 0.6 is 0 Å². The van der Waals surface area contributed by atoms with E-state index in [1.807, 2.05) is 42.5 Å². The summed E-state index contributed by atoms with van der Waals surface area (Å²) < 4.78 is 4.41. The second-order valence-electron chi connectivity index (χ2n) is 11.9. The third-order valence-corrected chi connectivity index (χ3v) is 9.39. The summed E-state index contributed by atoms with van der Waals surface area (Å²) >= 11 is 0. The zero-order valence-corrected chi connectivity index (χ0v) is 25.8.